The second-order valence-corrected chi connectivity index (χ2v) is 30.8. The van der Waals surface area contributed by atoms with Crippen molar-refractivity contribution < 1.29 is 4.74 Å². The lowest BCUT2D eigenvalue weighted by molar-refractivity contribution is 0.483. The lowest BCUT2D eigenvalue weighted by Gasteiger charge is -2.34. The Bertz CT molecular complexity index is 4740. The van der Waals surface area contributed by atoms with Crippen LogP contribution in [0.2, 0.25) is 0 Å². The van der Waals surface area contributed by atoms with Crippen LogP contribution in [0, 0.1) is 0 Å². The van der Waals surface area contributed by atoms with Crippen molar-refractivity contribution in [3.8, 4) is 50.7 Å². The summed E-state index contributed by atoms with van der Waals surface area (Å²) < 4.78 is 14.0. The molecule has 90 heavy (non-hydrogen) atoms. The van der Waals surface area contributed by atoms with Gasteiger partial charge < -0.3 is 4.74 Å². The molecule has 0 fully saturated rings. The van der Waals surface area contributed by atoms with Crippen LogP contribution in [0.5, 0.6) is 11.5 Å². The zero-order chi connectivity index (χ0) is 61.9. The van der Waals surface area contributed by atoms with E-state index >= 15 is 0 Å². The van der Waals surface area contributed by atoms with E-state index in [0.717, 1.165) is 89.5 Å². The molecule has 0 radical (unpaired) electrons. The Morgan fingerprint density at radius 1 is 0.378 bits per heavy atom. The Labute approximate surface area is 530 Å². The molecule has 1 aliphatic rings. The van der Waals surface area contributed by atoms with Gasteiger partial charge in [0.25, 0.3) is 5.69 Å². The van der Waals surface area contributed by atoms with E-state index in [4.69, 9.17) is 9.72 Å². The maximum atomic E-state index is 7.14. The van der Waals surface area contributed by atoms with Gasteiger partial charge in [0.05, 0.1) is 22.7 Å². The van der Waals surface area contributed by atoms with E-state index in [1.54, 1.807) is 0 Å². The summed E-state index contributed by atoms with van der Waals surface area (Å²) in [5, 5.41) is 7.58. The molecule has 0 atom stereocenters. The van der Waals surface area contributed by atoms with Crippen LogP contribution >= 0.6 is 0 Å². The van der Waals surface area contributed by atoms with Crippen LogP contribution in [0.25, 0.3) is 61.0 Å². The van der Waals surface area contributed by atoms with Gasteiger partial charge in [-0.05, 0) is 128 Å². The van der Waals surface area contributed by atoms with E-state index in [9.17, 15) is 0 Å². The molecular weight excluding hydrogens is 1110 g/mol. The summed E-state index contributed by atoms with van der Waals surface area (Å²) in [4.78, 5) is 5.14. The van der Waals surface area contributed by atoms with Gasteiger partial charge in [-0.1, -0.05) is 263 Å². The highest BCUT2D eigenvalue weighted by Gasteiger charge is 2.43. The summed E-state index contributed by atoms with van der Waals surface area (Å²) in [6.45, 7) is 20.6. The molecule has 0 saturated carbocycles. The highest BCUT2D eigenvalue weighted by Crippen LogP contribution is 2.50. The number of fused-ring (bicyclic) bond motifs is 4. The fourth-order valence-electron chi connectivity index (χ4n) is 13.3. The molecule has 3 heterocycles. The van der Waals surface area contributed by atoms with Crippen molar-refractivity contribution >= 4 is 79.4 Å². The quantitative estimate of drug-likeness (QED) is 0.0694. The predicted molar refractivity (Wildman–Crippen MR) is 382 cm³/mol. The molecule has 438 valence electrons. The number of pyridine rings is 1. The molecule has 0 amide bonds. The minimum atomic E-state index is -2.87. The van der Waals surface area contributed by atoms with E-state index in [1.807, 2.05) is 6.20 Å². The molecule has 14 rings (SSSR count). The fraction of sp³-hybridized carbons (Fsp3) is 0.143. The van der Waals surface area contributed by atoms with Gasteiger partial charge in [0, 0.05) is 52.9 Å². The summed E-state index contributed by atoms with van der Waals surface area (Å²) in [5.41, 5.74) is 16.5. The fourth-order valence-corrected chi connectivity index (χ4v) is 18.1. The molecule has 13 aromatic rings. The van der Waals surface area contributed by atoms with E-state index in [-0.39, 0.29) is 16.2 Å². The normalized spacial score (nSPS) is 12.7. The van der Waals surface area contributed by atoms with Gasteiger partial charge in [-0.15, -0.1) is 0 Å². The van der Waals surface area contributed by atoms with Crippen molar-refractivity contribution in [3.63, 3.8) is 0 Å². The molecule has 1 aliphatic heterocycles. The van der Waals surface area contributed by atoms with Crippen LogP contribution in [0.3, 0.4) is 0 Å². The topological polar surface area (TPSA) is 33.1 Å². The smallest absolute Gasteiger partial charge is 0.457 e. The average molecular weight is 1180 g/mol. The van der Waals surface area contributed by atoms with Crippen LogP contribution in [0.4, 0.5) is 22.7 Å². The number of benzene rings is 11. The lowest BCUT2D eigenvalue weighted by Crippen LogP contribution is -2.74. The van der Waals surface area contributed by atoms with Gasteiger partial charge in [-0.25, -0.2) is 4.98 Å². The molecule has 0 bridgehead atoms. The predicted octanol–water partition coefficient (Wildman–Crippen LogP) is 19.1. The van der Waals surface area contributed by atoms with Gasteiger partial charge in [0.1, 0.15) is 17.3 Å². The minimum Gasteiger partial charge on any atom is -0.457 e. The number of rotatable bonds is 12. The first-order valence-electron chi connectivity index (χ1n) is 31.4. The standard InChI is InChI=1S/C84H74N4OSi/c1-82(2,3)60-48-49-85-79(53-60)88-76-47-45-70(90(67-34-19-12-20-35-67,68-36-21-13-22-37-68)69-38-23-14-24-39-69)56-75(76)73-46-44-66(55-78(73)88)89-65-33-25-32-63(54-65)86-57-87(64-51-61(83(4,5)6)50-62(52-64)84(7,8)9)81-74(42-27-43-77(81)86)80-71(58-28-15-10-16-29-58)40-26-41-72(80)59-30-17-11-18-31-59/h10-56H,1-9H3/q+2. The van der Waals surface area contributed by atoms with Gasteiger partial charge in [-0.2, -0.15) is 0 Å². The largest absolute Gasteiger partial charge is 0.503 e. The zero-order valence-corrected chi connectivity index (χ0v) is 53.8. The first-order chi connectivity index (χ1) is 43.5. The molecule has 5 nitrogen and oxygen atoms in total. The van der Waals surface area contributed by atoms with Crippen molar-refractivity contribution in [2.24, 2.45) is 0 Å². The number of aromatic nitrogens is 2. The van der Waals surface area contributed by atoms with Gasteiger partial charge in [-0.3, -0.25) is 4.57 Å². The average Bonchev–Trinajstić information content (AvgIpc) is 1.39. The van der Waals surface area contributed by atoms with Crippen molar-refractivity contribution in [1.82, 2.24) is 18.7 Å². The van der Waals surface area contributed by atoms with Gasteiger partial charge in [0.15, 0.2) is 8.07 Å². The van der Waals surface area contributed by atoms with Gasteiger partial charge >= 0.3 is 11.7 Å². The molecule has 11 aromatic carbocycles. The van der Waals surface area contributed by atoms with E-state index in [0.29, 0.717) is 5.75 Å². The number of ether oxygens (including phenoxy) is 1. The van der Waals surface area contributed by atoms with Crippen LogP contribution in [0.15, 0.2) is 285 Å². The molecule has 0 spiro atoms. The Kier molecular flexibility index (Phi) is 14.5. The summed E-state index contributed by atoms with van der Waals surface area (Å²) in [6, 6.07) is 106. The molecule has 0 aliphatic carbocycles. The Hall–Kier alpha value is -10.2. The van der Waals surface area contributed by atoms with Crippen molar-refractivity contribution in [1.29, 1.82) is 0 Å². The summed E-state index contributed by atoms with van der Waals surface area (Å²) in [7, 11) is -2.87. The van der Waals surface area contributed by atoms with Crippen LogP contribution in [-0.2, 0) is 16.2 Å². The van der Waals surface area contributed by atoms with Crippen molar-refractivity contribution in [2.75, 3.05) is 0 Å². The molecule has 6 heteroatoms. The van der Waals surface area contributed by atoms with E-state index in [2.05, 4.69) is 361 Å². The van der Waals surface area contributed by atoms with E-state index in [1.165, 1.54) is 37.4 Å². The van der Waals surface area contributed by atoms with E-state index < -0.39 is 8.07 Å². The Balaban J connectivity index is 0.947. The molecule has 2 aromatic heterocycles. The third-order valence-corrected chi connectivity index (χ3v) is 22.8. The number of hydrogen-bond acceptors (Lipinski definition) is 2. The number of nitrogens with zero attached hydrogens (tertiary/aromatic N) is 4. The maximum Gasteiger partial charge on any atom is 0.503 e. The SMILES string of the molecule is CC(C)(C)c1cc([N+]2=C=[N+](c3cccc(Oc4ccc5c6cc([Si](c7ccccc7)(c7ccccc7)c7ccccc7)ccc6n(-c6cc(C(C)(C)C)ccn6)c5c4)c3)c3cccc(-c4c(-c5ccccc5)cccc4-c4ccccc4)c32)cc(C(C)(C)C)c1. The second kappa shape index (κ2) is 22.7. The highest BCUT2D eigenvalue weighted by atomic mass is 28.3. The zero-order valence-electron chi connectivity index (χ0n) is 52.8. The molecule has 0 saturated heterocycles. The first kappa shape index (κ1) is 57.5. The molecule has 0 N–H and O–H groups in total. The van der Waals surface area contributed by atoms with Crippen LogP contribution in [0.1, 0.15) is 79.0 Å². The minimum absolute atomic E-state index is 0.0952. The summed E-state index contributed by atoms with van der Waals surface area (Å²) in [6.07, 6.45) is 1.95. The van der Waals surface area contributed by atoms with Crippen molar-refractivity contribution in [3.05, 3.63) is 302 Å². The van der Waals surface area contributed by atoms with Crippen LogP contribution in [-0.4, -0.2) is 23.6 Å². The Morgan fingerprint density at radius 3 is 1.47 bits per heavy atom. The lowest BCUT2D eigenvalue weighted by atomic mass is 9.80. The van der Waals surface area contributed by atoms with Crippen LogP contribution < -0.4 is 34.6 Å². The maximum absolute atomic E-state index is 7.14. The Morgan fingerprint density at radius 2 is 0.900 bits per heavy atom. The molecular formula is C84H74N4OSi+2. The third kappa shape index (κ3) is 10.4. The number of para-hydroxylation sites is 1. The second-order valence-electron chi connectivity index (χ2n) is 27.0. The third-order valence-electron chi connectivity index (χ3n) is 18.0. The monoisotopic (exact) mass is 1180 g/mol. The first-order valence-corrected chi connectivity index (χ1v) is 33.4. The van der Waals surface area contributed by atoms with Crippen molar-refractivity contribution in [2.45, 2.75) is 78.6 Å². The van der Waals surface area contributed by atoms with Gasteiger partial charge in [0.2, 0.25) is 11.4 Å². The highest BCUT2D eigenvalue weighted by molar-refractivity contribution is 7.20. The molecule has 0 unspecified atom stereocenters. The summed E-state index contributed by atoms with van der Waals surface area (Å²) >= 11 is 0. The summed E-state index contributed by atoms with van der Waals surface area (Å²) in [5.74, 6) is 2.29. The number of hydrogen-bond donors (Lipinski definition) is 0.